The fraction of sp³-hybridized carbons (Fsp3) is 0.440. The third kappa shape index (κ3) is 6.39. The molecule has 0 unspecified atom stereocenters. The summed E-state index contributed by atoms with van der Waals surface area (Å²) in [6, 6.07) is 14.0. The minimum Gasteiger partial charge on any atom is -0.493 e. The van der Waals surface area contributed by atoms with Crippen LogP contribution in [0.3, 0.4) is 0 Å². The Morgan fingerprint density at radius 2 is 1.72 bits per heavy atom. The van der Waals surface area contributed by atoms with Crippen molar-refractivity contribution in [2.75, 3.05) is 13.7 Å². The molecule has 2 aromatic rings. The first-order valence-corrected chi connectivity index (χ1v) is 11.5. The van der Waals surface area contributed by atoms with Gasteiger partial charge in [0.25, 0.3) is 5.91 Å². The minimum atomic E-state index is -0.665. The second-order valence-corrected chi connectivity index (χ2v) is 8.48. The topological polar surface area (TPSA) is 67.9 Å². The first kappa shape index (κ1) is 23.9. The van der Waals surface area contributed by atoms with E-state index in [1.165, 1.54) is 11.3 Å². The predicted molar refractivity (Wildman–Crippen MR) is 125 cm³/mol. The van der Waals surface area contributed by atoms with Gasteiger partial charge in [-0.3, -0.25) is 9.59 Å². The number of halogens is 1. The van der Waals surface area contributed by atoms with Crippen LogP contribution in [0.4, 0.5) is 0 Å². The Kier molecular flexibility index (Phi) is 8.80. The summed E-state index contributed by atoms with van der Waals surface area (Å²) >= 11 is 6.34. The van der Waals surface area contributed by atoms with Crippen molar-refractivity contribution >= 4 is 23.4 Å². The van der Waals surface area contributed by atoms with Gasteiger partial charge in [0.1, 0.15) is 6.04 Å². The summed E-state index contributed by atoms with van der Waals surface area (Å²) in [4.78, 5) is 27.7. The van der Waals surface area contributed by atoms with Crippen LogP contribution < -0.4 is 14.8 Å². The number of nitrogens with zero attached hydrogens (tertiary/aromatic N) is 1. The zero-order valence-corrected chi connectivity index (χ0v) is 19.4. The highest BCUT2D eigenvalue weighted by Crippen LogP contribution is 2.26. The number of hydrogen-bond donors (Lipinski definition) is 1. The van der Waals surface area contributed by atoms with E-state index in [1.807, 2.05) is 30.3 Å². The van der Waals surface area contributed by atoms with E-state index in [9.17, 15) is 9.59 Å². The van der Waals surface area contributed by atoms with Crippen molar-refractivity contribution in [1.29, 1.82) is 0 Å². The number of para-hydroxylation sites is 2. The van der Waals surface area contributed by atoms with Crippen molar-refractivity contribution in [3.8, 4) is 11.5 Å². The molecule has 1 fully saturated rings. The Balaban J connectivity index is 1.73. The van der Waals surface area contributed by atoms with Crippen LogP contribution >= 0.6 is 11.6 Å². The molecule has 0 bridgehead atoms. The number of methoxy groups -OCH3 is 1. The molecule has 0 saturated heterocycles. The van der Waals surface area contributed by atoms with Crippen LogP contribution in [0.2, 0.25) is 5.02 Å². The fourth-order valence-electron chi connectivity index (χ4n) is 3.92. The summed E-state index contributed by atoms with van der Waals surface area (Å²) in [5.74, 6) is 0.554. The summed E-state index contributed by atoms with van der Waals surface area (Å²) in [6.07, 6.45) is 5.41. The Morgan fingerprint density at radius 3 is 2.41 bits per heavy atom. The van der Waals surface area contributed by atoms with Crippen LogP contribution in [0.25, 0.3) is 0 Å². The summed E-state index contributed by atoms with van der Waals surface area (Å²) < 4.78 is 11.0. The molecule has 1 saturated carbocycles. The molecule has 2 aromatic carbocycles. The van der Waals surface area contributed by atoms with Gasteiger partial charge in [-0.1, -0.05) is 61.2 Å². The maximum Gasteiger partial charge on any atom is 0.261 e. The number of rotatable bonds is 9. The molecule has 0 spiro atoms. The molecular weight excluding hydrogens is 428 g/mol. The average Bonchev–Trinajstić information content (AvgIpc) is 2.82. The van der Waals surface area contributed by atoms with Crippen molar-refractivity contribution in [2.24, 2.45) is 0 Å². The SMILES string of the molecule is COc1ccccc1OCC(=O)N(Cc1ccccc1Cl)[C@@H](C)C(=O)NC1CCCCC1. The third-order valence-corrected chi connectivity index (χ3v) is 6.21. The van der Waals surface area contributed by atoms with E-state index in [4.69, 9.17) is 21.1 Å². The molecule has 32 heavy (non-hydrogen) atoms. The van der Waals surface area contributed by atoms with E-state index in [1.54, 1.807) is 32.2 Å². The van der Waals surface area contributed by atoms with Crippen LogP contribution in [0, 0.1) is 0 Å². The average molecular weight is 459 g/mol. The third-order valence-electron chi connectivity index (χ3n) is 5.84. The highest BCUT2D eigenvalue weighted by atomic mass is 35.5. The van der Waals surface area contributed by atoms with Crippen LogP contribution in [0.15, 0.2) is 48.5 Å². The normalized spacial score (nSPS) is 15.0. The van der Waals surface area contributed by atoms with Crippen molar-refractivity contribution in [3.63, 3.8) is 0 Å². The number of ether oxygens (including phenoxy) is 2. The number of amides is 2. The van der Waals surface area contributed by atoms with Crippen molar-refractivity contribution in [3.05, 3.63) is 59.1 Å². The zero-order chi connectivity index (χ0) is 22.9. The first-order valence-electron chi connectivity index (χ1n) is 11.1. The molecule has 3 rings (SSSR count). The second-order valence-electron chi connectivity index (χ2n) is 8.07. The Bertz CT molecular complexity index is 914. The molecular formula is C25H31ClN2O4. The maximum absolute atomic E-state index is 13.2. The molecule has 6 nitrogen and oxygen atoms in total. The highest BCUT2D eigenvalue weighted by Gasteiger charge is 2.29. The Morgan fingerprint density at radius 1 is 1.06 bits per heavy atom. The monoisotopic (exact) mass is 458 g/mol. The highest BCUT2D eigenvalue weighted by molar-refractivity contribution is 6.31. The number of carbonyl (C=O) groups excluding carboxylic acids is 2. The Hall–Kier alpha value is -2.73. The lowest BCUT2D eigenvalue weighted by molar-refractivity contribution is -0.142. The zero-order valence-electron chi connectivity index (χ0n) is 18.7. The summed E-state index contributed by atoms with van der Waals surface area (Å²) in [5.41, 5.74) is 0.775. The molecule has 1 aliphatic rings. The van der Waals surface area contributed by atoms with Gasteiger partial charge < -0.3 is 19.7 Å². The van der Waals surface area contributed by atoms with Crippen LogP contribution in [0.5, 0.6) is 11.5 Å². The van der Waals surface area contributed by atoms with E-state index in [0.29, 0.717) is 16.5 Å². The lowest BCUT2D eigenvalue weighted by atomic mass is 9.95. The number of carbonyl (C=O) groups is 2. The van der Waals surface area contributed by atoms with Gasteiger partial charge in [0.2, 0.25) is 5.91 Å². The molecule has 0 aromatic heterocycles. The molecule has 0 aliphatic heterocycles. The summed E-state index contributed by atoms with van der Waals surface area (Å²) in [6.45, 7) is 1.74. The smallest absolute Gasteiger partial charge is 0.261 e. The van der Waals surface area contributed by atoms with Gasteiger partial charge in [-0.15, -0.1) is 0 Å². The van der Waals surface area contributed by atoms with Gasteiger partial charge in [-0.2, -0.15) is 0 Å². The number of benzene rings is 2. The molecule has 0 radical (unpaired) electrons. The first-order chi connectivity index (χ1) is 15.5. The molecule has 172 valence electrons. The van der Waals surface area contributed by atoms with Crippen LogP contribution in [-0.2, 0) is 16.1 Å². The summed E-state index contributed by atoms with van der Waals surface area (Å²) in [5, 5.41) is 3.67. The van der Waals surface area contributed by atoms with Gasteiger partial charge in [0.05, 0.1) is 7.11 Å². The Labute approximate surface area is 194 Å². The fourth-order valence-corrected chi connectivity index (χ4v) is 4.12. The van der Waals surface area contributed by atoms with E-state index in [2.05, 4.69) is 5.32 Å². The molecule has 2 amide bonds. The van der Waals surface area contributed by atoms with E-state index in [0.717, 1.165) is 31.2 Å². The molecule has 1 aliphatic carbocycles. The van der Waals surface area contributed by atoms with Gasteiger partial charge in [-0.25, -0.2) is 0 Å². The van der Waals surface area contributed by atoms with Gasteiger partial charge in [-0.05, 0) is 43.5 Å². The largest absolute Gasteiger partial charge is 0.493 e. The summed E-state index contributed by atoms with van der Waals surface area (Å²) in [7, 11) is 1.55. The molecule has 1 N–H and O–H groups in total. The molecule has 7 heteroatoms. The quantitative estimate of drug-likeness (QED) is 0.596. The van der Waals surface area contributed by atoms with Gasteiger partial charge >= 0.3 is 0 Å². The van der Waals surface area contributed by atoms with Gasteiger partial charge in [0, 0.05) is 17.6 Å². The maximum atomic E-state index is 13.2. The van der Waals surface area contributed by atoms with E-state index >= 15 is 0 Å². The van der Waals surface area contributed by atoms with E-state index < -0.39 is 6.04 Å². The lowest BCUT2D eigenvalue weighted by Crippen LogP contribution is -2.51. The minimum absolute atomic E-state index is 0.158. The second kappa shape index (κ2) is 11.8. The van der Waals surface area contributed by atoms with Crippen LogP contribution in [0.1, 0.15) is 44.6 Å². The standard InChI is InChI=1S/C25H31ClN2O4/c1-18(25(30)27-20-11-4-3-5-12-20)28(16-19-10-6-7-13-21(19)26)24(29)17-32-23-15-9-8-14-22(23)31-2/h6-10,13-15,18,20H,3-5,11-12,16-17H2,1-2H3,(H,27,30)/t18-/m0/s1. The van der Waals surface area contributed by atoms with E-state index in [-0.39, 0.29) is 31.0 Å². The lowest BCUT2D eigenvalue weighted by Gasteiger charge is -2.31. The van der Waals surface area contributed by atoms with Crippen LogP contribution in [-0.4, -0.2) is 42.5 Å². The van der Waals surface area contributed by atoms with Crippen molar-refractivity contribution in [1.82, 2.24) is 10.2 Å². The number of nitrogens with one attached hydrogen (secondary N) is 1. The number of hydrogen-bond acceptors (Lipinski definition) is 4. The van der Waals surface area contributed by atoms with Crippen molar-refractivity contribution in [2.45, 2.75) is 57.7 Å². The predicted octanol–water partition coefficient (Wildman–Crippen LogP) is 4.59. The van der Waals surface area contributed by atoms with Gasteiger partial charge in [0.15, 0.2) is 18.1 Å². The molecule has 0 heterocycles. The van der Waals surface area contributed by atoms with Crippen molar-refractivity contribution < 1.29 is 19.1 Å². The molecule has 1 atom stereocenters.